The standard InChI is InChI=1S/C17H21N3O4/c1-12-5-18-20(6-12)13-7-19(8-13)9-14(21)10-22-15-2-3-16-17(4-15)24-11-23-16/h2-6,13-14,21H,7-11H2,1H3. The lowest BCUT2D eigenvalue weighted by Gasteiger charge is -2.40. The van der Waals surface area contributed by atoms with Crippen molar-refractivity contribution in [3.05, 3.63) is 36.2 Å². The quantitative estimate of drug-likeness (QED) is 0.858. The molecular formula is C17H21N3O4. The van der Waals surface area contributed by atoms with Crippen LogP contribution in [0.25, 0.3) is 0 Å². The first-order valence-electron chi connectivity index (χ1n) is 8.11. The van der Waals surface area contributed by atoms with Crippen LogP contribution in [0.5, 0.6) is 17.2 Å². The number of β-amino-alcohol motifs (C(OH)–C–C–N with tert-alkyl or cyclic N) is 1. The Balaban J connectivity index is 1.21. The summed E-state index contributed by atoms with van der Waals surface area (Å²) in [7, 11) is 0. The maximum absolute atomic E-state index is 10.2. The van der Waals surface area contributed by atoms with Crippen molar-refractivity contribution in [1.29, 1.82) is 0 Å². The van der Waals surface area contributed by atoms with Gasteiger partial charge in [0.15, 0.2) is 11.5 Å². The molecule has 128 valence electrons. The van der Waals surface area contributed by atoms with Crippen LogP contribution in [0.4, 0.5) is 0 Å². The van der Waals surface area contributed by atoms with E-state index in [4.69, 9.17) is 14.2 Å². The van der Waals surface area contributed by atoms with Crippen LogP contribution in [-0.2, 0) is 0 Å². The van der Waals surface area contributed by atoms with Gasteiger partial charge in [-0.05, 0) is 24.6 Å². The Labute approximate surface area is 140 Å². The van der Waals surface area contributed by atoms with Crippen LogP contribution in [0.2, 0.25) is 0 Å². The smallest absolute Gasteiger partial charge is 0.231 e. The van der Waals surface area contributed by atoms with Gasteiger partial charge in [-0.25, -0.2) is 0 Å². The SMILES string of the molecule is Cc1cnn(C2CN(CC(O)COc3ccc4c(c3)OCO4)C2)c1. The summed E-state index contributed by atoms with van der Waals surface area (Å²) in [5.74, 6) is 2.08. The van der Waals surface area contributed by atoms with Crippen molar-refractivity contribution >= 4 is 0 Å². The molecule has 0 radical (unpaired) electrons. The monoisotopic (exact) mass is 331 g/mol. The summed E-state index contributed by atoms with van der Waals surface area (Å²) in [6, 6.07) is 5.82. The molecule has 0 aliphatic carbocycles. The van der Waals surface area contributed by atoms with Crippen molar-refractivity contribution in [2.24, 2.45) is 0 Å². The zero-order valence-electron chi connectivity index (χ0n) is 13.6. The lowest BCUT2D eigenvalue weighted by molar-refractivity contribution is 0.0204. The van der Waals surface area contributed by atoms with Crippen molar-refractivity contribution < 1.29 is 19.3 Å². The molecule has 0 spiro atoms. The maximum Gasteiger partial charge on any atom is 0.231 e. The maximum atomic E-state index is 10.2. The van der Waals surface area contributed by atoms with E-state index < -0.39 is 6.10 Å². The van der Waals surface area contributed by atoms with Crippen molar-refractivity contribution in [1.82, 2.24) is 14.7 Å². The summed E-state index contributed by atoms with van der Waals surface area (Å²) in [4.78, 5) is 2.20. The van der Waals surface area contributed by atoms with Gasteiger partial charge in [0.2, 0.25) is 6.79 Å². The summed E-state index contributed by atoms with van der Waals surface area (Å²) in [5, 5.41) is 14.5. The van der Waals surface area contributed by atoms with Crippen LogP contribution in [0.1, 0.15) is 11.6 Å². The number of ether oxygens (including phenoxy) is 3. The predicted octanol–water partition coefficient (Wildman–Crippen LogP) is 1.22. The molecular weight excluding hydrogens is 310 g/mol. The van der Waals surface area contributed by atoms with E-state index >= 15 is 0 Å². The summed E-state index contributed by atoms with van der Waals surface area (Å²) >= 11 is 0. The van der Waals surface area contributed by atoms with Crippen molar-refractivity contribution in [2.75, 3.05) is 33.0 Å². The van der Waals surface area contributed by atoms with Gasteiger partial charge in [0, 0.05) is 31.9 Å². The van der Waals surface area contributed by atoms with Crippen LogP contribution in [0.3, 0.4) is 0 Å². The van der Waals surface area contributed by atoms with Crippen molar-refractivity contribution in [3.63, 3.8) is 0 Å². The zero-order chi connectivity index (χ0) is 16.5. The largest absolute Gasteiger partial charge is 0.491 e. The molecule has 1 atom stereocenters. The number of aliphatic hydroxyl groups is 1. The Hall–Kier alpha value is -2.25. The number of aryl methyl sites for hydroxylation is 1. The van der Waals surface area contributed by atoms with E-state index in [1.165, 1.54) is 5.56 Å². The average Bonchev–Trinajstić information content (AvgIpc) is 3.16. The van der Waals surface area contributed by atoms with Gasteiger partial charge in [-0.3, -0.25) is 9.58 Å². The number of rotatable bonds is 6. The second-order valence-electron chi connectivity index (χ2n) is 6.35. The third-order valence-electron chi connectivity index (χ3n) is 4.30. The molecule has 1 N–H and O–H groups in total. The number of nitrogens with zero attached hydrogens (tertiary/aromatic N) is 3. The van der Waals surface area contributed by atoms with Gasteiger partial charge < -0.3 is 19.3 Å². The molecule has 2 aliphatic heterocycles. The Morgan fingerprint density at radius 2 is 2.17 bits per heavy atom. The molecule has 4 rings (SSSR count). The van der Waals surface area contributed by atoms with Gasteiger partial charge in [0.1, 0.15) is 18.5 Å². The zero-order valence-corrected chi connectivity index (χ0v) is 13.6. The molecule has 1 fully saturated rings. The fourth-order valence-electron chi connectivity index (χ4n) is 3.00. The van der Waals surface area contributed by atoms with E-state index in [0.29, 0.717) is 24.1 Å². The topological polar surface area (TPSA) is 69.0 Å². The van der Waals surface area contributed by atoms with Gasteiger partial charge in [-0.15, -0.1) is 0 Å². The number of hydrogen-bond acceptors (Lipinski definition) is 6. The Bertz CT molecular complexity index is 712. The van der Waals surface area contributed by atoms with E-state index in [-0.39, 0.29) is 13.4 Å². The van der Waals surface area contributed by atoms with Gasteiger partial charge in [-0.1, -0.05) is 0 Å². The predicted molar refractivity (Wildman–Crippen MR) is 86.5 cm³/mol. The third-order valence-corrected chi connectivity index (χ3v) is 4.30. The van der Waals surface area contributed by atoms with Gasteiger partial charge >= 0.3 is 0 Å². The molecule has 0 bridgehead atoms. The van der Waals surface area contributed by atoms with Gasteiger partial charge in [0.25, 0.3) is 0 Å². The van der Waals surface area contributed by atoms with Crippen molar-refractivity contribution in [3.8, 4) is 17.2 Å². The molecule has 2 aliphatic rings. The van der Waals surface area contributed by atoms with Crippen LogP contribution in [0, 0.1) is 6.92 Å². The number of benzene rings is 1. The number of aliphatic hydroxyl groups excluding tert-OH is 1. The summed E-state index contributed by atoms with van der Waals surface area (Å²) in [6.45, 7) is 4.94. The minimum absolute atomic E-state index is 0.243. The summed E-state index contributed by atoms with van der Waals surface area (Å²) in [5.41, 5.74) is 1.17. The van der Waals surface area contributed by atoms with E-state index in [0.717, 1.165) is 18.8 Å². The molecule has 1 aromatic heterocycles. The first kappa shape index (κ1) is 15.3. The number of fused-ring (bicyclic) bond motifs is 1. The molecule has 0 saturated carbocycles. The highest BCUT2D eigenvalue weighted by Crippen LogP contribution is 2.35. The highest BCUT2D eigenvalue weighted by molar-refractivity contribution is 5.46. The molecule has 0 amide bonds. The highest BCUT2D eigenvalue weighted by atomic mass is 16.7. The van der Waals surface area contributed by atoms with Gasteiger partial charge in [0.05, 0.1) is 12.2 Å². The average molecular weight is 331 g/mol. The van der Waals surface area contributed by atoms with Gasteiger partial charge in [-0.2, -0.15) is 5.10 Å². The fraction of sp³-hybridized carbons (Fsp3) is 0.471. The molecule has 24 heavy (non-hydrogen) atoms. The second-order valence-corrected chi connectivity index (χ2v) is 6.35. The summed E-state index contributed by atoms with van der Waals surface area (Å²) in [6.07, 6.45) is 3.40. The lowest BCUT2D eigenvalue weighted by Crippen LogP contribution is -2.51. The summed E-state index contributed by atoms with van der Waals surface area (Å²) < 4.78 is 18.2. The Kier molecular flexibility index (Phi) is 4.03. The molecule has 3 heterocycles. The van der Waals surface area contributed by atoms with Crippen molar-refractivity contribution in [2.45, 2.75) is 19.1 Å². The Morgan fingerprint density at radius 1 is 1.33 bits per heavy atom. The van der Waals surface area contributed by atoms with E-state index in [1.54, 1.807) is 6.07 Å². The highest BCUT2D eigenvalue weighted by Gasteiger charge is 2.30. The molecule has 7 nitrogen and oxygen atoms in total. The molecule has 1 aromatic carbocycles. The normalized spacial score (nSPS) is 18.4. The van der Waals surface area contributed by atoms with Crippen LogP contribution in [0.15, 0.2) is 30.6 Å². The molecule has 1 unspecified atom stereocenters. The second kappa shape index (κ2) is 6.33. The molecule has 2 aromatic rings. The third kappa shape index (κ3) is 3.18. The van der Waals surface area contributed by atoms with E-state index in [2.05, 4.69) is 16.2 Å². The fourth-order valence-corrected chi connectivity index (χ4v) is 3.00. The first-order valence-corrected chi connectivity index (χ1v) is 8.11. The minimum Gasteiger partial charge on any atom is -0.491 e. The number of likely N-dealkylation sites (tertiary alicyclic amines) is 1. The van der Waals surface area contributed by atoms with E-state index in [9.17, 15) is 5.11 Å². The van der Waals surface area contributed by atoms with Crippen LogP contribution < -0.4 is 14.2 Å². The minimum atomic E-state index is -0.532. The molecule has 7 heteroatoms. The van der Waals surface area contributed by atoms with Crippen LogP contribution in [-0.4, -0.2) is 58.9 Å². The van der Waals surface area contributed by atoms with E-state index in [1.807, 2.05) is 29.9 Å². The molecule has 1 saturated heterocycles. The Morgan fingerprint density at radius 3 is 2.96 bits per heavy atom. The first-order chi connectivity index (χ1) is 11.7. The number of hydrogen-bond donors (Lipinski definition) is 1. The van der Waals surface area contributed by atoms with Crippen LogP contribution >= 0.6 is 0 Å². The lowest BCUT2D eigenvalue weighted by atomic mass is 10.1. The number of aromatic nitrogens is 2.